The van der Waals surface area contributed by atoms with Gasteiger partial charge >= 0.3 is 0 Å². The van der Waals surface area contributed by atoms with E-state index < -0.39 is 0 Å². The Balaban J connectivity index is 2.71. The number of nitrogens with zero attached hydrogens (tertiary/aromatic N) is 6. The molecule has 0 amide bonds. The van der Waals surface area contributed by atoms with Crippen LogP contribution in [0.15, 0.2) is 24.8 Å². The molecule has 0 saturated heterocycles. The van der Waals surface area contributed by atoms with Gasteiger partial charge in [0.2, 0.25) is 0 Å². The maximum atomic E-state index is 3.85. The first-order valence-corrected chi connectivity index (χ1v) is 3.44. The van der Waals surface area contributed by atoms with Gasteiger partial charge in [-0.15, -0.1) is 10.2 Å². The Hall–Kier alpha value is -1.98. The summed E-state index contributed by atoms with van der Waals surface area (Å²) >= 11 is 0. The maximum Gasteiger partial charge on any atom is 0.114 e. The third kappa shape index (κ3) is 0.541. The van der Waals surface area contributed by atoms with Crippen molar-refractivity contribution in [3.63, 3.8) is 0 Å². The minimum absolute atomic E-state index is 0.905. The lowest BCUT2D eigenvalue weighted by molar-refractivity contribution is 0.814. The largest absolute Gasteiger partial charge is 0.217 e. The van der Waals surface area contributed by atoms with Crippen molar-refractivity contribution in [3.05, 3.63) is 24.8 Å². The third-order valence-corrected chi connectivity index (χ3v) is 1.76. The molecule has 0 aromatic carbocycles. The Labute approximate surface area is 66.4 Å². The average Bonchev–Trinajstić information content (AvgIpc) is 2.71. The summed E-state index contributed by atoms with van der Waals surface area (Å²) in [4.78, 5) is 0. The SMILES string of the molecule is c1nnn2ccn3nncc3c12. The van der Waals surface area contributed by atoms with Crippen molar-refractivity contribution < 1.29 is 0 Å². The summed E-state index contributed by atoms with van der Waals surface area (Å²) in [5, 5.41) is 15.2. The summed E-state index contributed by atoms with van der Waals surface area (Å²) in [6.45, 7) is 0. The smallest absolute Gasteiger partial charge is 0.114 e. The van der Waals surface area contributed by atoms with Crippen LogP contribution in [-0.2, 0) is 0 Å². The van der Waals surface area contributed by atoms with Crippen LogP contribution < -0.4 is 0 Å². The van der Waals surface area contributed by atoms with E-state index in [1.54, 1.807) is 33.8 Å². The van der Waals surface area contributed by atoms with E-state index >= 15 is 0 Å². The van der Waals surface area contributed by atoms with Crippen molar-refractivity contribution in [2.24, 2.45) is 0 Å². The number of hydrogen-bond donors (Lipinski definition) is 0. The summed E-state index contributed by atoms with van der Waals surface area (Å²) in [5.74, 6) is 0. The van der Waals surface area contributed by atoms with E-state index in [-0.39, 0.29) is 0 Å². The predicted octanol–water partition coefficient (Wildman–Crippen LogP) is -0.228. The summed E-state index contributed by atoms with van der Waals surface area (Å²) in [6.07, 6.45) is 6.92. The van der Waals surface area contributed by atoms with E-state index in [1.165, 1.54) is 0 Å². The lowest BCUT2D eigenvalue weighted by atomic mass is 10.5. The second kappa shape index (κ2) is 1.79. The number of fused-ring (bicyclic) bond motifs is 3. The van der Waals surface area contributed by atoms with Crippen LogP contribution in [-0.4, -0.2) is 29.7 Å². The highest BCUT2D eigenvalue weighted by molar-refractivity contribution is 5.72. The molecule has 0 spiro atoms. The van der Waals surface area contributed by atoms with Gasteiger partial charge in [0, 0.05) is 12.4 Å². The highest BCUT2D eigenvalue weighted by Gasteiger charge is 2.01. The van der Waals surface area contributed by atoms with Gasteiger partial charge in [-0.25, -0.2) is 9.03 Å². The molecule has 3 rings (SSSR count). The second-order valence-corrected chi connectivity index (χ2v) is 2.43. The molecule has 58 valence electrons. The van der Waals surface area contributed by atoms with Gasteiger partial charge in [0.15, 0.2) is 0 Å². The Morgan fingerprint density at radius 1 is 0.833 bits per heavy atom. The van der Waals surface area contributed by atoms with Crippen LogP contribution >= 0.6 is 0 Å². The summed E-state index contributed by atoms with van der Waals surface area (Å²) < 4.78 is 3.36. The molecular weight excluding hydrogens is 156 g/mol. The fourth-order valence-corrected chi connectivity index (χ4v) is 1.20. The van der Waals surface area contributed by atoms with Crippen LogP contribution in [0.25, 0.3) is 11.0 Å². The molecule has 0 N–H and O–H groups in total. The highest BCUT2D eigenvalue weighted by atomic mass is 15.4. The van der Waals surface area contributed by atoms with Gasteiger partial charge in [-0.05, 0) is 0 Å². The van der Waals surface area contributed by atoms with E-state index in [9.17, 15) is 0 Å². The van der Waals surface area contributed by atoms with E-state index in [0.717, 1.165) is 11.0 Å². The fourth-order valence-electron chi connectivity index (χ4n) is 1.20. The van der Waals surface area contributed by atoms with Gasteiger partial charge < -0.3 is 0 Å². The molecule has 0 saturated carbocycles. The minimum atomic E-state index is 0.905. The van der Waals surface area contributed by atoms with E-state index in [4.69, 9.17) is 0 Å². The number of hydrogen-bond acceptors (Lipinski definition) is 4. The van der Waals surface area contributed by atoms with Crippen LogP contribution in [0.5, 0.6) is 0 Å². The molecule has 12 heavy (non-hydrogen) atoms. The Bertz CT molecular complexity index is 485. The van der Waals surface area contributed by atoms with Crippen LogP contribution in [0.1, 0.15) is 0 Å². The van der Waals surface area contributed by atoms with Crippen molar-refractivity contribution in [3.8, 4) is 0 Å². The minimum Gasteiger partial charge on any atom is -0.217 e. The van der Waals surface area contributed by atoms with E-state index in [0.29, 0.717) is 0 Å². The molecule has 0 fully saturated rings. The molecule has 0 bridgehead atoms. The molecule has 0 atom stereocenters. The molecule has 3 aromatic rings. The van der Waals surface area contributed by atoms with Crippen molar-refractivity contribution in [2.45, 2.75) is 0 Å². The van der Waals surface area contributed by atoms with Gasteiger partial charge in [-0.1, -0.05) is 10.4 Å². The first kappa shape index (κ1) is 5.64. The molecular formula is C6H4N6. The first-order valence-electron chi connectivity index (χ1n) is 3.44. The molecule has 6 nitrogen and oxygen atoms in total. The first-order chi connectivity index (χ1) is 5.95. The Morgan fingerprint density at radius 2 is 1.33 bits per heavy atom. The zero-order valence-electron chi connectivity index (χ0n) is 5.99. The molecule has 3 heterocycles. The molecule has 0 aliphatic carbocycles. The molecule has 0 aliphatic heterocycles. The zero-order valence-corrected chi connectivity index (χ0v) is 5.99. The molecule has 3 aromatic heterocycles. The summed E-state index contributed by atoms with van der Waals surface area (Å²) in [5.41, 5.74) is 1.81. The normalized spacial score (nSPS) is 11.3. The van der Waals surface area contributed by atoms with Gasteiger partial charge in [-0.2, -0.15) is 0 Å². The standard InChI is InChI=1S/C6H4N6/c1-2-12-6(4-8-10-12)5-3-7-9-11(1)5/h1-4H. The lowest BCUT2D eigenvalue weighted by Crippen LogP contribution is -1.92. The summed E-state index contributed by atoms with van der Waals surface area (Å²) in [6, 6.07) is 0. The molecule has 0 radical (unpaired) electrons. The predicted molar refractivity (Wildman–Crippen MR) is 39.5 cm³/mol. The number of aromatic nitrogens is 6. The quantitative estimate of drug-likeness (QED) is 0.456. The maximum absolute atomic E-state index is 3.85. The second-order valence-electron chi connectivity index (χ2n) is 2.43. The van der Waals surface area contributed by atoms with Crippen LogP contribution in [0.4, 0.5) is 0 Å². The van der Waals surface area contributed by atoms with Crippen molar-refractivity contribution in [1.82, 2.24) is 29.7 Å². The van der Waals surface area contributed by atoms with Crippen LogP contribution in [0, 0.1) is 0 Å². The van der Waals surface area contributed by atoms with Gasteiger partial charge in [0.25, 0.3) is 0 Å². The lowest BCUT2D eigenvalue weighted by Gasteiger charge is -1.92. The van der Waals surface area contributed by atoms with E-state index in [1.807, 2.05) is 0 Å². The van der Waals surface area contributed by atoms with Gasteiger partial charge in [-0.3, -0.25) is 0 Å². The van der Waals surface area contributed by atoms with Gasteiger partial charge in [0.05, 0.1) is 12.4 Å². The van der Waals surface area contributed by atoms with E-state index in [2.05, 4.69) is 20.6 Å². The average molecular weight is 160 g/mol. The third-order valence-electron chi connectivity index (χ3n) is 1.76. The van der Waals surface area contributed by atoms with Crippen LogP contribution in [0.2, 0.25) is 0 Å². The highest BCUT2D eigenvalue weighted by Crippen LogP contribution is 2.07. The summed E-state index contributed by atoms with van der Waals surface area (Å²) in [7, 11) is 0. The Kier molecular flexibility index (Phi) is 0.840. The topological polar surface area (TPSA) is 60.4 Å². The van der Waals surface area contributed by atoms with Crippen molar-refractivity contribution >= 4 is 11.0 Å². The molecule has 0 aliphatic rings. The molecule has 6 heteroatoms. The fraction of sp³-hybridized carbons (Fsp3) is 0. The molecule has 0 unspecified atom stereocenters. The monoisotopic (exact) mass is 160 g/mol. The van der Waals surface area contributed by atoms with Crippen LogP contribution in [0.3, 0.4) is 0 Å². The van der Waals surface area contributed by atoms with Crippen molar-refractivity contribution in [2.75, 3.05) is 0 Å². The zero-order chi connectivity index (χ0) is 7.97. The van der Waals surface area contributed by atoms with Gasteiger partial charge in [0.1, 0.15) is 11.0 Å². The Morgan fingerprint density at radius 3 is 1.83 bits per heavy atom. The number of rotatable bonds is 0. The van der Waals surface area contributed by atoms with Crippen molar-refractivity contribution in [1.29, 1.82) is 0 Å².